The third kappa shape index (κ3) is 19.5. The Labute approximate surface area is 287 Å². The van der Waals surface area contributed by atoms with Crippen molar-refractivity contribution >= 4 is 22.8 Å². The first-order valence-corrected chi connectivity index (χ1v) is 17.9. The summed E-state index contributed by atoms with van der Waals surface area (Å²) in [6, 6.07) is 16.7. The van der Waals surface area contributed by atoms with Crippen molar-refractivity contribution in [3.05, 3.63) is 59.7 Å². The van der Waals surface area contributed by atoms with Crippen molar-refractivity contribution in [3.63, 3.8) is 0 Å². The molecule has 0 saturated carbocycles. The predicted octanol–water partition coefficient (Wildman–Crippen LogP) is 13.1. The molecule has 2 aromatic rings. The molecule has 0 aromatic heterocycles. The van der Waals surface area contributed by atoms with E-state index in [1.807, 2.05) is 13.8 Å². The van der Waals surface area contributed by atoms with Gasteiger partial charge in [-0.05, 0) is 88.1 Å². The van der Waals surface area contributed by atoms with Crippen LogP contribution in [0.2, 0.25) is 0 Å². The first-order valence-electron chi connectivity index (χ1n) is 17.9. The Morgan fingerprint density at radius 3 is 1.02 bits per heavy atom. The summed E-state index contributed by atoms with van der Waals surface area (Å²) in [7, 11) is 0. The van der Waals surface area contributed by atoms with E-state index in [1.54, 1.807) is 0 Å². The van der Waals surface area contributed by atoms with E-state index in [2.05, 4.69) is 86.1 Å². The molecule has 0 aliphatic carbocycles. The van der Waals surface area contributed by atoms with Crippen molar-refractivity contribution in [2.45, 2.75) is 156 Å². The molecule has 2 nitrogen and oxygen atoms in total. The molecule has 0 aliphatic rings. The van der Waals surface area contributed by atoms with Crippen LogP contribution < -0.4 is 0 Å². The van der Waals surface area contributed by atoms with Crippen LogP contribution in [-0.4, -0.2) is 11.4 Å². The van der Waals surface area contributed by atoms with Crippen LogP contribution in [0.4, 0.5) is 11.4 Å². The number of nitrogens with zero attached hydrogens (tertiary/aromatic N) is 2. The molecule has 3 heteroatoms. The van der Waals surface area contributed by atoms with Gasteiger partial charge in [0, 0.05) is 27.6 Å². The molecule has 0 radical (unpaired) electrons. The second kappa shape index (κ2) is 27.7. The maximum Gasteiger partial charge on any atom is 0.0634 e. The van der Waals surface area contributed by atoms with Crippen LogP contribution in [0.1, 0.15) is 167 Å². The zero-order valence-corrected chi connectivity index (χ0v) is 30.0. The van der Waals surface area contributed by atoms with E-state index in [1.165, 1.54) is 103 Å². The van der Waals surface area contributed by atoms with E-state index in [0.717, 1.165) is 59.6 Å². The molecule has 0 aliphatic heterocycles. The Morgan fingerprint density at radius 1 is 0.444 bits per heavy atom. The first kappa shape index (κ1) is 40.4. The van der Waals surface area contributed by atoms with Crippen LogP contribution in [-0.2, 0) is 16.5 Å². The Morgan fingerprint density at radius 2 is 0.733 bits per heavy atom. The topological polar surface area (TPSA) is 24.7 Å². The average Bonchev–Trinajstić information content (AvgIpc) is 3.04. The van der Waals surface area contributed by atoms with Gasteiger partial charge in [-0.3, -0.25) is 9.98 Å². The SMILES string of the molecule is CC#Cc1ccc(N=C(CCCCCCCC)C(CCCCCCCCCCCCCC)=Nc2ccc(C#CC)cc2)cc1.[Ni]. The molecule has 248 valence electrons. The number of aliphatic imine (C=N–C) groups is 2. The summed E-state index contributed by atoms with van der Waals surface area (Å²) in [5.41, 5.74) is 6.34. The van der Waals surface area contributed by atoms with Crippen LogP contribution in [0.5, 0.6) is 0 Å². The molecule has 0 N–H and O–H groups in total. The van der Waals surface area contributed by atoms with Gasteiger partial charge < -0.3 is 0 Å². The molecule has 0 bridgehead atoms. The molecule has 0 amide bonds. The zero-order chi connectivity index (χ0) is 31.5. The van der Waals surface area contributed by atoms with E-state index < -0.39 is 0 Å². The van der Waals surface area contributed by atoms with Gasteiger partial charge >= 0.3 is 0 Å². The van der Waals surface area contributed by atoms with Gasteiger partial charge in [0.15, 0.2) is 0 Å². The Hall–Kier alpha value is -2.61. The second-order valence-corrected chi connectivity index (χ2v) is 12.1. The molecule has 0 spiro atoms. The number of hydrogen-bond acceptors (Lipinski definition) is 2. The van der Waals surface area contributed by atoms with Crippen LogP contribution in [0, 0.1) is 23.7 Å². The van der Waals surface area contributed by atoms with Crippen molar-refractivity contribution in [1.82, 2.24) is 0 Å². The van der Waals surface area contributed by atoms with Crippen molar-refractivity contribution in [1.29, 1.82) is 0 Å². The smallest absolute Gasteiger partial charge is 0.0634 e. The van der Waals surface area contributed by atoms with Crippen molar-refractivity contribution < 1.29 is 16.5 Å². The standard InChI is InChI=1S/C42H60N2.Ni/c1-5-9-11-13-15-16-17-18-19-20-22-24-28-42(44-40-35-31-38(26-8-4)32-36-40)41(27-23-21-14-12-10-6-2)43-39-33-29-37(25-7-3)30-34-39;/h29-36H,5-6,9-24,27-28H2,1-4H3;. The largest absolute Gasteiger partial charge is 0.252 e. The van der Waals surface area contributed by atoms with Gasteiger partial charge in [0.1, 0.15) is 0 Å². The second-order valence-electron chi connectivity index (χ2n) is 12.1. The quantitative estimate of drug-likeness (QED) is 0.0494. The fourth-order valence-electron chi connectivity index (χ4n) is 5.57. The van der Waals surface area contributed by atoms with Crippen LogP contribution >= 0.6 is 0 Å². The van der Waals surface area contributed by atoms with E-state index in [9.17, 15) is 0 Å². The fraction of sp³-hybridized carbons (Fsp3) is 0.571. The third-order valence-corrected chi connectivity index (χ3v) is 8.17. The molecule has 0 atom stereocenters. The summed E-state index contributed by atoms with van der Waals surface area (Å²) in [4.78, 5) is 10.5. The van der Waals surface area contributed by atoms with Gasteiger partial charge in [0.25, 0.3) is 0 Å². The first-order chi connectivity index (χ1) is 21.7. The number of benzene rings is 2. The Bertz CT molecular complexity index is 1200. The minimum Gasteiger partial charge on any atom is -0.252 e. The summed E-state index contributed by atoms with van der Waals surface area (Å²) < 4.78 is 0. The fourth-order valence-corrected chi connectivity index (χ4v) is 5.57. The molecule has 0 unspecified atom stereocenters. The van der Waals surface area contributed by atoms with E-state index >= 15 is 0 Å². The average molecular weight is 652 g/mol. The molecule has 0 heterocycles. The van der Waals surface area contributed by atoms with E-state index in [0.29, 0.717) is 0 Å². The van der Waals surface area contributed by atoms with Crippen molar-refractivity contribution in [3.8, 4) is 23.7 Å². The predicted molar refractivity (Wildman–Crippen MR) is 196 cm³/mol. The van der Waals surface area contributed by atoms with Crippen molar-refractivity contribution in [2.75, 3.05) is 0 Å². The van der Waals surface area contributed by atoms with E-state index in [4.69, 9.17) is 9.98 Å². The summed E-state index contributed by atoms with van der Waals surface area (Å²) in [6.45, 7) is 8.33. The van der Waals surface area contributed by atoms with Gasteiger partial charge in [-0.25, -0.2) is 0 Å². The molecule has 0 saturated heterocycles. The maximum absolute atomic E-state index is 5.24. The number of hydrogen-bond donors (Lipinski definition) is 0. The normalized spacial score (nSPS) is 11.3. The van der Waals surface area contributed by atoms with Crippen LogP contribution in [0.15, 0.2) is 58.5 Å². The van der Waals surface area contributed by atoms with Gasteiger partial charge in [-0.2, -0.15) is 0 Å². The van der Waals surface area contributed by atoms with Gasteiger partial charge in [-0.15, -0.1) is 11.8 Å². The molecule has 2 aromatic carbocycles. The van der Waals surface area contributed by atoms with Gasteiger partial charge in [0.2, 0.25) is 0 Å². The molecule has 45 heavy (non-hydrogen) atoms. The van der Waals surface area contributed by atoms with E-state index in [-0.39, 0.29) is 16.5 Å². The van der Waals surface area contributed by atoms with Gasteiger partial charge in [-0.1, -0.05) is 128 Å². The Kier molecular flexibility index (Phi) is 24.9. The number of unbranched alkanes of at least 4 members (excludes halogenated alkanes) is 16. The molecule has 2 rings (SSSR count). The molecule has 0 fully saturated rings. The monoisotopic (exact) mass is 650 g/mol. The molecular weight excluding hydrogens is 591 g/mol. The number of rotatable bonds is 23. The third-order valence-electron chi connectivity index (χ3n) is 8.17. The summed E-state index contributed by atoms with van der Waals surface area (Å²) in [6.07, 6.45) is 25.9. The summed E-state index contributed by atoms with van der Waals surface area (Å²) >= 11 is 0. The minimum absolute atomic E-state index is 0. The maximum atomic E-state index is 5.24. The van der Waals surface area contributed by atoms with Gasteiger partial charge in [0.05, 0.1) is 22.8 Å². The van der Waals surface area contributed by atoms with Crippen LogP contribution in [0.3, 0.4) is 0 Å². The summed E-state index contributed by atoms with van der Waals surface area (Å²) in [5.74, 6) is 12.3. The van der Waals surface area contributed by atoms with Crippen molar-refractivity contribution in [2.24, 2.45) is 9.98 Å². The minimum atomic E-state index is 0. The van der Waals surface area contributed by atoms with Crippen LogP contribution in [0.25, 0.3) is 0 Å². The zero-order valence-electron chi connectivity index (χ0n) is 29.0. The molecular formula is C42H60N2Ni. The Balaban J connectivity index is 0.0000101. The summed E-state index contributed by atoms with van der Waals surface area (Å²) in [5, 5.41) is 0.